The van der Waals surface area contributed by atoms with Gasteiger partial charge in [0, 0.05) is 31.0 Å². The van der Waals surface area contributed by atoms with Crippen LogP contribution in [0, 0.1) is 11.8 Å². The third-order valence-electron chi connectivity index (χ3n) is 7.90. The zero-order valence-corrected chi connectivity index (χ0v) is 19.8. The van der Waals surface area contributed by atoms with E-state index in [4.69, 9.17) is 4.74 Å². The molecule has 35 heavy (non-hydrogen) atoms. The maximum Gasteiger partial charge on any atom is 0.407 e. The first-order valence-electron chi connectivity index (χ1n) is 12.6. The highest BCUT2D eigenvalue weighted by atomic mass is 16.5. The molecule has 1 heterocycles. The number of hydrogen-bond donors (Lipinski definition) is 2. The van der Waals surface area contributed by atoms with Gasteiger partial charge in [0.15, 0.2) is 0 Å². The summed E-state index contributed by atoms with van der Waals surface area (Å²) in [5.41, 5.74) is 4.72. The topological polar surface area (TPSA) is 95.9 Å². The molecule has 1 saturated carbocycles. The number of nitrogens with zero attached hydrogens (tertiary/aromatic N) is 1. The van der Waals surface area contributed by atoms with Gasteiger partial charge in [-0.2, -0.15) is 0 Å². The van der Waals surface area contributed by atoms with Crippen LogP contribution in [0.3, 0.4) is 0 Å². The van der Waals surface area contributed by atoms with Gasteiger partial charge in [0.25, 0.3) is 0 Å². The summed E-state index contributed by atoms with van der Waals surface area (Å²) < 4.78 is 5.65. The van der Waals surface area contributed by atoms with Gasteiger partial charge in [0.05, 0.1) is 6.42 Å². The third-order valence-corrected chi connectivity index (χ3v) is 7.90. The molecule has 1 saturated heterocycles. The van der Waals surface area contributed by atoms with Crippen LogP contribution >= 0.6 is 0 Å². The van der Waals surface area contributed by atoms with Gasteiger partial charge in [-0.3, -0.25) is 9.59 Å². The number of alkyl carbamates (subject to hydrolysis) is 1. The first-order chi connectivity index (χ1) is 17.0. The molecule has 1 aliphatic heterocycles. The van der Waals surface area contributed by atoms with E-state index in [1.165, 1.54) is 22.3 Å². The van der Waals surface area contributed by atoms with Gasteiger partial charge >= 0.3 is 12.1 Å². The SMILES string of the molecule is O=C(O)CC1CCCN1C(=O)[C@H]1CCC[C@H]1CNC(=O)OCC1c2ccccc2-c2ccccc21. The van der Waals surface area contributed by atoms with Crippen molar-refractivity contribution < 1.29 is 24.2 Å². The van der Waals surface area contributed by atoms with Crippen molar-refractivity contribution in [3.05, 3.63) is 59.7 Å². The average molecular weight is 477 g/mol. The second kappa shape index (κ2) is 10.1. The fraction of sp³-hybridized carbons (Fsp3) is 0.464. The van der Waals surface area contributed by atoms with E-state index in [-0.39, 0.29) is 42.7 Å². The second-order valence-electron chi connectivity index (χ2n) is 9.93. The number of benzene rings is 2. The molecule has 3 aliphatic rings. The maximum absolute atomic E-state index is 13.2. The molecule has 2 fully saturated rings. The number of carboxylic acids is 1. The Labute approximate surface area is 205 Å². The third kappa shape index (κ3) is 4.77. The number of fused-ring (bicyclic) bond motifs is 3. The Bertz CT molecular complexity index is 1070. The first kappa shape index (κ1) is 23.4. The Hall–Kier alpha value is -3.35. The van der Waals surface area contributed by atoms with Crippen molar-refractivity contribution in [2.24, 2.45) is 11.8 Å². The first-order valence-corrected chi connectivity index (χ1v) is 12.6. The monoisotopic (exact) mass is 476 g/mol. The van der Waals surface area contributed by atoms with Crippen molar-refractivity contribution in [1.82, 2.24) is 10.2 Å². The quantitative estimate of drug-likeness (QED) is 0.617. The lowest BCUT2D eigenvalue weighted by Crippen LogP contribution is -2.43. The number of likely N-dealkylation sites (tertiary alicyclic amines) is 1. The number of hydrogen-bond acceptors (Lipinski definition) is 4. The highest BCUT2D eigenvalue weighted by molar-refractivity contribution is 5.81. The van der Waals surface area contributed by atoms with Gasteiger partial charge in [0.2, 0.25) is 5.91 Å². The molecule has 1 unspecified atom stereocenters. The molecule has 2 aromatic carbocycles. The average Bonchev–Trinajstić information content (AvgIpc) is 3.58. The number of ether oxygens (including phenoxy) is 1. The summed E-state index contributed by atoms with van der Waals surface area (Å²) in [6.07, 6.45) is 3.72. The minimum Gasteiger partial charge on any atom is -0.481 e. The Morgan fingerprint density at radius 1 is 0.943 bits per heavy atom. The number of amides is 2. The summed E-state index contributed by atoms with van der Waals surface area (Å²) in [6, 6.07) is 16.2. The lowest BCUT2D eigenvalue weighted by molar-refractivity contribution is -0.141. The summed E-state index contributed by atoms with van der Waals surface area (Å²) in [6.45, 7) is 1.28. The minimum atomic E-state index is -0.866. The Kier molecular flexibility index (Phi) is 6.75. The van der Waals surface area contributed by atoms with Crippen molar-refractivity contribution in [2.45, 2.75) is 50.5 Å². The second-order valence-corrected chi connectivity index (χ2v) is 9.93. The zero-order chi connectivity index (χ0) is 24.4. The largest absolute Gasteiger partial charge is 0.481 e. The molecule has 7 nitrogen and oxygen atoms in total. The molecule has 2 amide bonds. The van der Waals surface area contributed by atoms with Gasteiger partial charge < -0.3 is 20.1 Å². The summed E-state index contributed by atoms with van der Waals surface area (Å²) in [4.78, 5) is 38.8. The van der Waals surface area contributed by atoms with Crippen molar-refractivity contribution >= 4 is 18.0 Å². The molecule has 2 N–H and O–H groups in total. The van der Waals surface area contributed by atoms with Crippen LogP contribution in [0.25, 0.3) is 11.1 Å². The molecule has 2 aliphatic carbocycles. The number of carbonyl (C=O) groups excluding carboxylic acids is 2. The van der Waals surface area contributed by atoms with Crippen LogP contribution < -0.4 is 5.32 Å². The molecule has 184 valence electrons. The van der Waals surface area contributed by atoms with Crippen LogP contribution in [0.1, 0.15) is 55.6 Å². The highest BCUT2D eigenvalue weighted by Gasteiger charge is 2.40. The van der Waals surface area contributed by atoms with E-state index < -0.39 is 12.1 Å². The molecular formula is C28H32N2O5. The van der Waals surface area contributed by atoms with E-state index in [0.29, 0.717) is 13.1 Å². The van der Waals surface area contributed by atoms with E-state index in [2.05, 4.69) is 29.6 Å². The van der Waals surface area contributed by atoms with Gasteiger partial charge in [-0.25, -0.2) is 4.79 Å². The van der Waals surface area contributed by atoms with Crippen LogP contribution in [0.4, 0.5) is 4.79 Å². The van der Waals surface area contributed by atoms with Crippen LogP contribution in [0.5, 0.6) is 0 Å². The predicted octanol–water partition coefficient (Wildman–Crippen LogP) is 4.41. The van der Waals surface area contributed by atoms with E-state index in [1.807, 2.05) is 24.3 Å². The fourth-order valence-corrected chi connectivity index (χ4v) is 6.22. The number of carboxylic acid groups (broad SMARTS) is 1. The van der Waals surface area contributed by atoms with E-state index >= 15 is 0 Å². The summed E-state index contributed by atoms with van der Waals surface area (Å²) in [5, 5.41) is 12.1. The van der Waals surface area contributed by atoms with Crippen molar-refractivity contribution in [1.29, 1.82) is 0 Å². The lowest BCUT2D eigenvalue weighted by Gasteiger charge is -2.29. The number of aliphatic carboxylic acids is 1. The van der Waals surface area contributed by atoms with Gasteiger partial charge in [-0.05, 0) is 53.9 Å². The van der Waals surface area contributed by atoms with Crippen LogP contribution in [-0.4, -0.2) is 53.7 Å². The molecule has 7 heteroatoms. The van der Waals surface area contributed by atoms with E-state index in [1.54, 1.807) is 4.90 Å². The molecule has 0 spiro atoms. The standard InChI is InChI=1S/C28H32N2O5/c31-26(32)15-19-8-6-14-30(19)27(33)20-13-5-7-18(20)16-29-28(34)35-17-25-23-11-3-1-9-21(23)22-10-2-4-12-24(22)25/h1-4,9-12,18-20,25H,5-8,13-17H2,(H,29,34)(H,31,32)/t18-,19?,20-/m0/s1. The van der Waals surface area contributed by atoms with Crippen LogP contribution in [0.2, 0.25) is 0 Å². The molecule has 0 aromatic heterocycles. The predicted molar refractivity (Wildman–Crippen MR) is 131 cm³/mol. The Balaban J connectivity index is 1.16. The number of rotatable bonds is 7. The fourth-order valence-electron chi connectivity index (χ4n) is 6.22. The molecule has 0 radical (unpaired) electrons. The molecular weight excluding hydrogens is 444 g/mol. The van der Waals surface area contributed by atoms with E-state index in [9.17, 15) is 19.5 Å². The van der Waals surface area contributed by atoms with Crippen molar-refractivity contribution in [3.8, 4) is 11.1 Å². The Morgan fingerprint density at radius 3 is 2.31 bits per heavy atom. The van der Waals surface area contributed by atoms with Crippen molar-refractivity contribution in [3.63, 3.8) is 0 Å². The number of nitrogens with one attached hydrogen (secondary N) is 1. The molecule has 5 rings (SSSR count). The molecule has 3 atom stereocenters. The Morgan fingerprint density at radius 2 is 1.63 bits per heavy atom. The highest BCUT2D eigenvalue weighted by Crippen LogP contribution is 2.44. The van der Waals surface area contributed by atoms with Crippen molar-refractivity contribution in [2.75, 3.05) is 19.7 Å². The lowest BCUT2D eigenvalue weighted by atomic mass is 9.94. The summed E-state index contributed by atoms with van der Waals surface area (Å²) in [7, 11) is 0. The minimum absolute atomic E-state index is 0.00112. The normalized spacial score (nSPS) is 23.1. The zero-order valence-electron chi connectivity index (χ0n) is 19.8. The molecule has 2 aromatic rings. The van der Waals surface area contributed by atoms with E-state index in [0.717, 1.165) is 32.1 Å². The van der Waals surface area contributed by atoms with Crippen LogP contribution in [0.15, 0.2) is 48.5 Å². The summed E-state index contributed by atoms with van der Waals surface area (Å²) >= 11 is 0. The van der Waals surface area contributed by atoms with Gasteiger partial charge in [-0.1, -0.05) is 55.0 Å². The number of carbonyl (C=O) groups is 3. The molecule has 0 bridgehead atoms. The van der Waals surface area contributed by atoms with Crippen LogP contribution in [-0.2, 0) is 14.3 Å². The van der Waals surface area contributed by atoms with Gasteiger partial charge in [0.1, 0.15) is 6.61 Å². The summed E-state index contributed by atoms with van der Waals surface area (Å²) in [5.74, 6) is -0.928. The maximum atomic E-state index is 13.2. The smallest absolute Gasteiger partial charge is 0.407 e. The van der Waals surface area contributed by atoms with Gasteiger partial charge in [-0.15, -0.1) is 0 Å².